The van der Waals surface area contributed by atoms with Gasteiger partial charge in [0, 0.05) is 5.54 Å². The number of rotatable bonds is 1. The molecule has 68 valence electrons. The Labute approximate surface area is 76.1 Å². The van der Waals surface area contributed by atoms with E-state index in [-0.39, 0.29) is 17.9 Å². The summed E-state index contributed by atoms with van der Waals surface area (Å²) in [4.78, 5) is 0. The molecule has 11 heavy (non-hydrogen) atoms. The molecule has 0 aromatic heterocycles. The highest BCUT2D eigenvalue weighted by molar-refractivity contribution is 5.85. The van der Waals surface area contributed by atoms with Gasteiger partial charge in [0.1, 0.15) is 0 Å². The lowest BCUT2D eigenvalue weighted by molar-refractivity contribution is 0.239. The predicted molar refractivity (Wildman–Crippen MR) is 52.1 cm³/mol. The van der Waals surface area contributed by atoms with E-state index in [0.29, 0.717) is 0 Å². The van der Waals surface area contributed by atoms with Gasteiger partial charge in [-0.3, -0.25) is 0 Å². The molecule has 0 atom stereocenters. The van der Waals surface area contributed by atoms with Crippen LogP contribution in [0.4, 0.5) is 0 Å². The van der Waals surface area contributed by atoms with Crippen molar-refractivity contribution in [1.29, 1.82) is 0 Å². The molecule has 0 amide bonds. The van der Waals surface area contributed by atoms with E-state index < -0.39 is 0 Å². The SMILES string of the molecule is CCC1(N)CCC(C)CC1.Cl. The van der Waals surface area contributed by atoms with Gasteiger partial charge in [-0.05, 0) is 38.0 Å². The minimum Gasteiger partial charge on any atom is -0.325 e. The van der Waals surface area contributed by atoms with E-state index in [2.05, 4.69) is 13.8 Å². The fourth-order valence-corrected chi connectivity index (χ4v) is 1.69. The van der Waals surface area contributed by atoms with E-state index in [9.17, 15) is 0 Å². The van der Waals surface area contributed by atoms with Crippen molar-refractivity contribution in [3.63, 3.8) is 0 Å². The Kier molecular flexibility index (Phi) is 4.42. The highest BCUT2D eigenvalue weighted by atomic mass is 35.5. The van der Waals surface area contributed by atoms with Crippen LogP contribution in [0.15, 0.2) is 0 Å². The van der Waals surface area contributed by atoms with Gasteiger partial charge < -0.3 is 5.73 Å². The molecule has 1 aliphatic carbocycles. The third kappa shape index (κ3) is 3.00. The molecule has 1 saturated carbocycles. The zero-order valence-corrected chi connectivity index (χ0v) is 8.41. The fourth-order valence-electron chi connectivity index (χ4n) is 1.69. The minimum absolute atomic E-state index is 0. The summed E-state index contributed by atoms with van der Waals surface area (Å²) in [5, 5.41) is 0. The van der Waals surface area contributed by atoms with Crippen LogP contribution in [0.3, 0.4) is 0 Å². The van der Waals surface area contributed by atoms with Crippen LogP contribution in [0.25, 0.3) is 0 Å². The van der Waals surface area contributed by atoms with Crippen LogP contribution in [-0.2, 0) is 0 Å². The number of halogens is 1. The van der Waals surface area contributed by atoms with Crippen molar-refractivity contribution < 1.29 is 0 Å². The zero-order chi connectivity index (χ0) is 7.61. The summed E-state index contributed by atoms with van der Waals surface area (Å²) in [6.45, 7) is 4.53. The molecule has 0 aromatic carbocycles. The maximum absolute atomic E-state index is 6.12. The van der Waals surface area contributed by atoms with Gasteiger partial charge in [-0.2, -0.15) is 0 Å². The molecule has 0 unspecified atom stereocenters. The van der Waals surface area contributed by atoms with Crippen molar-refractivity contribution in [2.75, 3.05) is 0 Å². The first-order chi connectivity index (χ1) is 4.66. The minimum atomic E-state index is 0. The van der Waals surface area contributed by atoms with Crippen molar-refractivity contribution in [2.24, 2.45) is 11.7 Å². The Hall–Kier alpha value is 0.250. The summed E-state index contributed by atoms with van der Waals surface area (Å²) in [5.74, 6) is 0.920. The summed E-state index contributed by atoms with van der Waals surface area (Å²) in [6.07, 6.45) is 6.31. The monoisotopic (exact) mass is 177 g/mol. The van der Waals surface area contributed by atoms with Crippen molar-refractivity contribution in [1.82, 2.24) is 0 Å². The van der Waals surface area contributed by atoms with Crippen LogP contribution in [0, 0.1) is 5.92 Å². The summed E-state index contributed by atoms with van der Waals surface area (Å²) in [7, 11) is 0. The van der Waals surface area contributed by atoms with Crippen LogP contribution < -0.4 is 5.73 Å². The van der Waals surface area contributed by atoms with E-state index in [4.69, 9.17) is 5.73 Å². The Morgan fingerprint density at radius 2 is 1.82 bits per heavy atom. The molecule has 2 N–H and O–H groups in total. The fraction of sp³-hybridized carbons (Fsp3) is 1.00. The number of hydrogen-bond acceptors (Lipinski definition) is 1. The highest BCUT2D eigenvalue weighted by Crippen LogP contribution is 2.31. The second kappa shape index (κ2) is 4.32. The predicted octanol–water partition coefficient (Wildman–Crippen LogP) is 2.73. The van der Waals surface area contributed by atoms with E-state index in [0.717, 1.165) is 12.3 Å². The van der Waals surface area contributed by atoms with Crippen LogP contribution in [0.1, 0.15) is 46.0 Å². The second-order valence-corrected chi connectivity index (χ2v) is 3.90. The molecule has 0 bridgehead atoms. The van der Waals surface area contributed by atoms with Crippen molar-refractivity contribution in [3.8, 4) is 0 Å². The lowest BCUT2D eigenvalue weighted by atomic mass is 9.76. The Balaban J connectivity index is 0.000001000. The van der Waals surface area contributed by atoms with Crippen LogP contribution in [-0.4, -0.2) is 5.54 Å². The van der Waals surface area contributed by atoms with E-state index in [1.165, 1.54) is 25.7 Å². The normalized spacial score (nSPS) is 37.9. The molecule has 0 spiro atoms. The third-order valence-electron chi connectivity index (χ3n) is 2.97. The van der Waals surface area contributed by atoms with Gasteiger partial charge in [0.2, 0.25) is 0 Å². The molecular formula is C9H20ClN. The molecule has 0 heterocycles. The van der Waals surface area contributed by atoms with E-state index in [1.807, 2.05) is 0 Å². The molecule has 1 nitrogen and oxygen atoms in total. The molecule has 1 fully saturated rings. The van der Waals surface area contributed by atoms with Crippen molar-refractivity contribution in [2.45, 2.75) is 51.5 Å². The summed E-state index contributed by atoms with van der Waals surface area (Å²) in [6, 6.07) is 0. The molecule has 0 saturated heterocycles. The third-order valence-corrected chi connectivity index (χ3v) is 2.97. The topological polar surface area (TPSA) is 26.0 Å². The molecule has 0 aromatic rings. The van der Waals surface area contributed by atoms with E-state index in [1.54, 1.807) is 0 Å². The Bertz CT molecular complexity index is 106. The molecule has 0 radical (unpaired) electrons. The van der Waals surface area contributed by atoms with Gasteiger partial charge >= 0.3 is 0 Å². The van der Waals surface area contributed by atoms with Gasteiger partial charge in [-0.15, -0.1) is 12.4 Å². The lowest BCUT2D eigenvalue weighted by Crippen LogP contribution is -2.42. The summed E-state index contributed by atoms with van der Waals surface area (Å²) in [5.41, 5.74) is 6.32. The van der Waals surface area contributed by atoms with Gasteiger partial charge in [0.15, 0.2) is 0 Å². The first-order valence-electron chi connectivity index (χ1n) is 4.45. The molecular weight excluding hydrogens is 158 g/mol. The largest absolute Gasteiger partial charge is 0.325 e. The van der Waals surface area contributed by atoms with Crippen LogP contribution in [0.2, 0.25) is 0 Å². The smallest absolute Gasteiger partial charge is 0.0151 e. The van der Waals surface area contributed by atoms with Gasteiger partial charge in [0.25, 0.3) is 0 Å². The lowest BCUT2D eigenvalue weighted by Gasteiger charge is -2.35. The molecule has 0 aliphatic heterocycles. The first-order valence-corrected chi connectivity index (χ1v) is 4.45. The zero-order valence-electron chi connectivity index (χ0n) is 7.60. The van der Waals surface area contributed by atoms with E-state index >= 15 is 0 Å². The first kappa shape index (κ1) is 11.2. The van der Waals surface area contributed by atoms with Crippen molar-refractivity contribution in [3.05, 3.63) is 0 Å². The van der Waals surface area contributed by atoms with Crippen LogP contribution >= 0.6 is 12.4 Å². The highest BCUT2D eigenvalue weighted by Gasteiger charge is 2.27. The standard InChI is InChI=1S/C9H19N.ClH/c1-3-9(10)6-4-8(2)5-7-9;/h8H,3-7,10H2,1-2H3;1H. The number of nitrogens with two attached hydrogens (primary N) is 1. The maximum atomic E-state index is 6.12. The van der Waals surface area contributed by atoms with Crippen LogP contribution in [0.5, 0.6) is 0 Å². The average molecular weight is 178 g/mol. The average Bonchev–Trinajstić information content (AvgIpc) is 1.96. The Morgan fingerprint density at radius 1 is 1.36 bits per heavy atom. The second-order valence-electron chi connectivity index (χ2n) is 3.90. The number of hydrogen-bond donors (Lipinski definition) is 1. The summed E-state index contributed by atoms with van der Waals surface area (Å²) >= 11 is 0. The molecule has 1 rings (SSSR count). The quantitative estimate of drug-likeness (QED) is 0.655. The molecule has 1 aliphatic rings. The maximum Gasteiger partial charge on any atom is 0.0151 e. The van der Waals surface area contributed by atoms with Gasteiger partial charge in [-0.25, -0.2) is 0 Å². The van der Waals surface area contributed by atoms with Crippen molar-refractivity contribution >= 4 is 12.4 Å². The summed E-state index contributed by atoms with van der Waals surface area (Å²) < 4.78 is 0. The van der Waals surface area contributed by atoms with Gasteiger partial charge in [0.05, 0.1) is 0 Å². The Morgan fingerprint density at radius 3 is 2.18 bits per heavy atom. The molecule has 2 heteroatoms. The van der Waals surface area contributed by atoms with Gasteiger partial charge in [-0.1, -0.05) is 13.8 Å².